The van der Waals surface area contributed by atoms with Crippen molar-refractivity contribution in [2.75, 3.05) is 7.11 Å². The summed E-state index contributed by atoms with van der Waals surface area (Å²) in [5, 5.41) is 6.07. The first-order valence-corrected chi connectivity index (χ1v) is 8.24. The Morgan fingerprint density at radius 2 is 1.91 bits per heavy atom. The molecule has 0 aliphatic rings. The molecule has 118 valence electrons. The third-order valence-electron chi connectivity index (χ3n) is 3.41. The van der Waals surface area contributed by atoms with Gasteiger partial charge >= 0.3 is 0 Å². The van der Waals surface area contributed by atoms with Gasteiger partial charge in [0.1, 0.15) is 0 Å². The summed E-state index contributed by atoms with van der Waals surface area (Å²) in [7, 11) is 1.54. The summed E-state index contributed by atoms with van der Waals surface area (Å²) in [5.41, 5.74) is 1.74. The highest BCUT2D eigenvalue weighted by Crippen LogP contribution is 2.24. The van der Waals surface area contributed by atoms with Crippen molar-refractivity contribution in [2.45, 2.75) is 38.8 Å². The number of amides is 1. The van der Waals surface area contributed by atoms with E-state index in [0.29, 0.717) is 5.92 Å². The van der Waals surface area contributed by atoms with Crippen molar-refractivity contribution in [3.8, 4) is 0 Å². The number of rotatable bonds is 6. The number of methoxy groups -OCH3 is 1. The number of nitrogens with zero attached hydrogens (tertiary/aromatic N) is 1. The van der Waals surface area contributed by atoms with Gasteiger partial charge in [-0.25, -0.2) is 4.98 Å². The summed E-state index contributed by atoms with van der Waals surface area (Å²) >= 11 is 1.63. The lowest BCUT2D eigenvalue weighted by Gasteiger charge is -2.18. The molecule has 2 rings (SSSR count). The molecule has 1 aromatic carbocycles. The summed E-state index contributed by atoms with van der Waals surface area (Å²) in [6.07, 6.45) is -0.605. The maximum absolute atomic E-state index is 12.4. The second-order valence-corrected chi connectivity index (χ2v) is 6.41. The third kappa shape index (κ3) is 3.93. The minimum absolute atomic E-state index is 0.141. The van der Waals surface area contributed by atoms with Gasteiger partial charge in [0.15, 0.2) is 6.10 Å². The van der Waals surface area contributed by atoms with Gasteiger partial charge in [-0.3, -0.25) is 4.79 Å². The van der Waals surface area contributed by atoms with Crippen molar-refractivity contribution in [1.82, 2.24) is 10.3 Å². The van der Waals surface area contributed by atoms with Crippen molar-refractivity contribution in [3.05, 3.63) is 52.0 Å². The Labute approximate surface area is 135 Å². The Morgan fingerprint density at radius 1 is 1.23 bits per heavy atom. The zero-order valence-electron chi connectivity index (χ0n) is 13.4. The van der Waals surface area contributed by atoms with Crippen LogP contribution in [0.5, 0.6) is 0 Å². The van der Waals surface area contributed by atoms with Gasteiger partial charge in [-0.2, -0.15) is 0 Å². The lowest BCUT2D eigenvalue weighted by atomic mass is 10.1. The van der Waals surface area contributed by atoms with Gasteiger partial charge in [-0.05, 0) is 12.5 Å². The third-order valence-corrected chi connectivity index (χ3v) is 4.58. The Hall–Kier alpha value is -1.72. The fraction of sp³-hybridized carbons (Fsp3) is 0.412. The van der Waals surface area contributed by atoms with Gasteiger partial charge in [0.2, 0.25) is 0 Å². The molecule has 0 fully saturated rings. The summed E-state index contributed by atoms with van der Waals surface area (Å²) in [6.45, 7) is 6.17. The molecule has 0 spiro atoms. The zero-order valence-corrected chi connectivity index (χ0v) is 14.2. The molecular weight excluding hydrogens is 296 g/mol. The SMILES string of the molecule is COC(C(=O)NC(C)c1csc(C(C)C)n1)c1ccccc1. The van der Waals surface area contributed by atoms with Gasteiger partial charge in [-0.1, -0.05) is 44.2 Å². The summed E-state index contributed by atoms with van der Waals surface area (Å²) in [4.78, 5) is 17.0. The predicted molar refractivity (Wildman–Crippen MR) is 89.0 cm³/mol. The van der Waals surface area contributed by atoms with E-state index in [2.05, 4.69) is 24.1 Å². The second-order valence-electron chi connectivity index (χ2n) is 5.52. The quantitative estimate of drug-likeness (QED) is 0.880. The summed E-state index contributed by atoms with van der Waals surface area (Å²) < 4.78 is 5.35. The highest BCUT2D eigenvalue weighted by Gasteiger charge is 2.22. The minimum Gasteiger partial charge on any atom is -0.367 e. The van der Waals surface area contributed by atoms with Crippen LogP contribution < -0.4 is 5.32 Å². The molecular formula is C17H22N2O2S. The van der Waals surface area contributed by atoms with Gasteiger partial charge in [-0.15, -0.1) is 11.3 Å². The normalized spacial score (nSPS) is 13.9. The molecule has 0 aliphatic heterocycles. The summed E-state index contributed by atoms with van der Waals surface area (Å²) in [6, 6.07) is 9.34. The maximum atomic E-state index is 12.4. The monoisotopic (exact) mass is 318 g/mol. The first-order valence-electron chi connectivity index (χ1n) is 7.36. The van der Waals surface area contributed by atoms with Crippen molar-refractivity contribution >= 4 is 17.2 Å². The molecule has 0 radical (unpaired) electrons. The maximum Gasteiger partial charge on any atom is 0.254 e. The van der Waals surface area contributed by atoms with Crippen LogP contribution in [0.25, 0.3) is 0 Å². The van der Waals surface area contributed by atoms with E-state index in [0.717, 1.165) is 16.3 Å². The van der Waals surface area contributed by atoms with E-state index in [1.807, 2.05) is 42.6 Å². The highest BCUT2D eigenvalue weighted by molar-refractivity contribution is 7.09. The van der Waals surface area contributed by atoms with Crippen LogP contribution >= 0.6 is 11.3 Å². The van der Waals surface area contributed by atoms with E-state index >= 15 is 0 Å². The fourth-order valence-electron chi connectivity index (χ4n) is 2.15. The molecule has 22 heavy (non-hydrogen) atoms. The van der Waals surface area contributed by atoms with Crippen LogP contribution in [0.15, 0.2) is 35.7 Å². The average molecular weight is 318 g/mol. The number of carbonyl (C=O) groups is 1. The lowest BCUT2D eigenvalue weighted by Crippen LogP contribution is -2.32. The van der Waals surface area contributed by atoms with Crippen LogP contribution in [0.1, 0.15) is 55.1 Å². The Kier molecular flexibility index (Phi) is 5.69. The number of nitrogens with one attached hydrogen (secondary N) is 1. The molecule has 0 saturated heterocycles. The molecule has 1 heterocycles. The molecule has 2 atom stereocenters. The van der Waals surface area contributed by atoms with E-state index in [4.69, 9.17) is 4.74 Å². The van der Waals surface area contributed by atoms with Gasteiger partial charge < -0.3 is 10.1 Å². The van der Waals surface area contributed by atoms with E-state index in [-0.39, 0.29) is 11.9 Å². The molecule has 0 bridgehead atoms. The van der Waals surface area contributed by atoms with Crippen LogP contribution in [-0.2, 0) is 9.53 Å². The fourth-order valence-corrected chi connectivity index (χ4v) is 3.08. The standard InChI is InChI=1S/C17H22N2O2S/c1-11(2)17-19-14(10-22-17)12(3)18-16(20)15(21-4)13-8-6-5-7-9-13/h5-12,15H,1-4H3,(H,18,20). The molecule has 4 nitrogen and oxygen atoms in total. The average Bonchev–Trinajstić information content (AvgIpc) is 2.99. The van der Waals surface area contributed by atoms with Crippen molar-refractivity contribution in [3.63, 3.8) is 0 Å². The number of hydrogen-bond acceptors (Lipinski definition) is 4. The van der Waals surface area contributed by atoms with E-state index in [1.54, 1.807) is 18.4 Å². The van der Waals surface area contributed by atoms with E-state index in [9.17, 15) is 4.79 Å². The number of carbonyl (C=O) groups excluding carboxylic acids is 1. The van der Waals surface area contributed by atoms with E-state index in [1.165, 1.54) is 0 Å². The minimum atomic E-state index is -0.605. The molecule has 0 saturated carbocycles. The number of benzene rings is 1. The van der Waals surface area contributed by atoms with Gasteiger partial charge in [0.25, 0.3) is 5.91 Å². The molecule has 1 N–H and O–H groups in total. The molecule has 5 heteroatoms. The van der Waals surface area contributed by atoms with Gasteiger partial charge in [0, 0.05) is 18.4 Å². The zero-order chi connectivity index (χ0) is 16.1. The second kappa shape index (κ2) is 7.51. The lowest BCUT2D eigenvalue weighted by molar-refractivity contribution is -0.132. The Morgan fingerprint density at radius 3 is 2.45 bits per heavy atom. The van der Waals surface area contributed by atoms with Crippen LogP contribution in [0.4, 0.5) is 0 Å². The molecule has 1 aromatic heterocycles. The molecule has 2 aromatic rings. The van der Waals surface area contributed by atoms with E-state index < -0.39 is 6.10 Å². The smallest absolute Gasteiger partial charge is 0.254 e. The van der Waals surface area contributed by atoms with Crippen molar-refractivity contribution < 1.29 is 9.53 Å². The first kappa shape index (κ1) is 16.6. The number of aromatic nitrogens is 1. The largest absolute Gasteiger partial charge is 0.367 e. The Balaban J connectivity index is 2.06. The first-order chi connectivity index (χ1) is 10.5. The Bertz CT molecular complexity index is 610. The number of thiazole rings is 1. The molecule has 0 aliphatic carbocycles. The summed E-state index contributed by atoms with van der Waals surface area (Å²) in [5.74, 6) is 0.248. The van der Waals surface area contributed by atoms with Crippen LogP contribution in [0, 0.1) is 0 Å². The highest BCUT2D eigenvalue weighted by atomic mass is 32.1. The van der Waals surface area contributed by atoms with Crippen LogP contribution in [0.2, 0.25) is 0 Å². The predicted octanol–water partition coefficient (Wildman–Crippen LogP) is 3.83. The number of hydrogen-bond donors (Lipinski definition) is 1. The van der Waals surface area contributed by atoms with Crippen LogP contribution in [-0.4, -0.2) is 18.0 Å². The van der Waals surface area contributed by atoms with Crippen molar-refractivity contribution in [2.24, 2.45) is 0 Å². The van der Waals surface area contributed by atoms with Crippen molar-refractivity contribution in [1.29, 1.82) is 0 Å². The topological polar surface area (TPSA) is 51.2 Å². The molecule has 1 amide bonds. The van der Waals surface area contributed by atoms with Gasteiger partial charge in [0.05, 0.1) is 16.7 Å². The van der Waals surface area contributed by atoms with Crippen LogP contribution in [0.3, 0.4) is 0 Å². The molecule has 2 unspecified atom stereocenters. The number of ether oxygens (including phenoxy) is 1.